The number of amides is 1. The molecular weight excluding hydrogens is 318 g/mol. The van der Waals surface area contributed by atoms with Gasteiger partial charge in [-0.3, -0.25) is 4.79 Å². The molecule has 3 atom stereocenters. The Kier molecular flexibility index (Phi) is 5.94. The van der Waals surface area contributed by atoms with E-state index in [2.05, 4.69) is 5.32 Å². The van der Waals surface area contributed by atoms with Crippen LogP contribution < -0.4 is 5.32 Å². The van der Waals surface area contributed by atoms with Crippen molar-refractivity contribution in [3.8, 4) is 0 Å². The van der Waals surface area contributed by atoms with Crippen LogP contribution in [0.3, 0.4) is 0 Å². The molecule has 1 amide bonds. The molecule has 126 valence electrons. The Hall–Kier alpha value is -1.78. The van der Waals surface area contributed by atoms with Gasteiger partial charge >= 0.3 is 0 Å². The highest BCUT2D eigenvalue weighted by Gasteiger charge is 2.28. The molecule has 24 heavy (non-hydrogen) atoms. The van der Waals surface area contributed by atoms with Crippen molar-refractivity contribution in [1.29, 1.82) is 0 Å². The van der Waals surface area contributed by atoms with Crippen LogP contribution in [0.5, 0.6) is 0 Å². The first-order valence-corrected chi connectivity index (χ1v) is 9.30. The minimum Gasteiger partial charge on any atom is -0.376 e. The summed E-state index contributed by atoms with van der Waals surface area (Å²) in [7, 11) is 0. The van der Waals surface area contributed by atoms with Gasteiger partial charge in [0.05, 0.1) is 12.1 Å². The predicted octanol–water partition coefficient (Wildman–Crippen LogP) is 4.20. The van der Waals surface area contributed by atoms with Crippen LogP contribution >= 0.6 is 11.8 Å². The molecule has 1 aliphatic heterocycles. The Balaban J connectivity index is 1.74. The van der Waals surface area contributed by atoms with Gasteiger partial charge in [0.25, 0.3) is 0 Å². The summed E-state index contributed by atoms with van der Waals surface area (Å²) in [6.45, 7) is 2.83. The molecule has 1 N–H and O–H groups in total. The van der Waals surface area contributed by atoms with Crippen LogP contribution in [-0.2, 0) is 9.53 Å². The number of thioether (sulfide) groups is 1. The summed E-state index contributed by atoms with van der Waals surface area (Å²) in [6, 6.07) is 20.0. The third-order valence-corrected chi connectivity index (χ3v) is 5.50. The first-order valence-electron chi connectivity index (χ1n) is 8.42. The monoisotopic (exact) mass is 341 g/mol. The molecule has 0 spiro atoms. The molecule has 3 rings (SSSR count). The van der Waals surface area contributed by atoms with Gasteiger partial charge in [-0.25, -0.2) is 0 Å². The van der Waals surface area contributed by atoms with Gasteiger partial charge < -0.3 is 10.1 Å². The number of nitrogens with one attached hydrogen (secondary N) is 1. The first kappa shape index (κ1) is 17.1. The summed E-state index contributed by atoms with van der Waals surface area (Å²) < 4.78 is 5.70. The fourth-order valence-corrected chi connectivity index (χ4v) is 3.98. The number of benzene rings is 2. The van der Waals surface area contributed by atoms with E-state index in [-0.39, 0.29) is 23.3 Å². The van der Waals surface area contributed by atoms with E-state index in [1.807, 2.05) is 67.6 Å². The normalized spacial score (nSPS) is 19.6. The number of ether oxygens (including phenoxy) is 1. The lowest BCUT2D eigenvalue weighted by Gasteiger charge is -2.23. The molecule has 1 saturated heterocycles. The smallest absolute Gasteiger partial charge is 0.238 e. The standard InChI is InChI=1S/C20H23NO2S/c1-15(18-13-8-14-23-18)21-20(22)19(16-9-4-2-5-10-16)24-17-11-6-3-7-12-17/h2-7,9-12,15,18-19H,8,13-14H2,1H3,(H,21,22)/t15-,18+,19-/m0/s1. The van der Waals surface area contributed by atoms with Crippen LogP contribution in [0.25, 0.3) is 0 Å². The van der Waals surface area contributed by atoms with Crippen molar-refractivity contribution in [2.45, 2.75) is 42.1 Å². The van der Waals surface area contributed by atoms with Gasteiger partial charge in [-0.2, -0.15) is 0 Å². The molecule has 2 aromatic rings. The maximum absolute atomic E-state index is 12.9. The molecule has 0 radical (unpaired) electrons. The van der Waals surface area contributed by atoms with Crippen LogP contribution in [0.1, 0.15) is 30.6 Å². The molecule has 0 saturated carbocycles. The van der Waals surface area contributed by atoms with Crippen molar-refractivity contribution in [3.63, 3.8) is 0 Å². The maximum Gasteiger partial charge on any atom is 0.238 e. The highest BCUT2D eigenvalue weighted by molar-refractivity contribution is 8.00. The molecule has 1 fully saturated rings. The minimum absolute atomic E-state index is 0.0302. The summed E-state index contributed by atoms with van der Waals surface area (Å²) in [5, 5.41) is 2.89. The Labute approximate surface area is 147 Å². The topological polar surface area (TPSA) is 38.3 Å². The predicted molar refractivity (Wildman–Crippen MR) is 98.1 cm³/mol. The zero-order valence-corrected chi connectivity index (χ0v) is 14.7. The Morgan fingerprint density at radius 1 is 1.12 bits per heavy atom. The Morgan fingerprint density at radius 2 is 1.79 bits per heavy atom. The van der Waals surface area contributed by atoms with E-state index < -0.39 is 0 Å². The first-order chi connectivity index (χ1) is 11.7. The average molecular weight is 341 g/mol. The molecule has 2 aromatic carbocycles. The summed E-state index contributed by atoms with van der Waals surface area (Å²) in [5.41, 5.74) is 1.02. The molecule has 0 unspecified atom stereocenters. The van der Waals surface area contributed by atoms with E-state index in [0.717, 1.165) is 29.9 Å². The third-order valence-electron chi connectivity index (χ3n) is 4.23. The number of hydrogen-bond acceptors (Lipinski definition) is 3. The van der Waals surface area contributed by atoms with Crippen LogP contribution in [-0.4, -0.2) is 24.7 Å². The van der Waals surface area contributed by atoms with Crippen LogP contribution in [0.15, 0.2) is 65.6 Å². The summed E-state index contributed by atoms with van der Waals surface area (Å²) in [6.07, 6.45) is 2.22. The SMILES string of the molecule is C[C@H](NC(=O)[C@@H](Sc1ccccc1)c1ccccc1)[C@H]1CCCO1. The second-order valence-electron chi connectivity index (χ2n) is 6.07. The van der Waals surface area contributed by atoms with E-state index in [4.69, 9.17) is 4.74 Å². The molecule has 1 aliphatic rings. The van der Waals surface area contributed by atoms with E-state index >= 15 is 0 Å². The molecule has 0 aromatic heterocycles. The van der Waals surface area contributed by atoms with Crippen molar-refractivity contribution < 1.29 is 9.53 Å². The zero-order chi connectivity index (χ0) is 16.8. The second kappa shape index (κ2) is 8.36. The number of hydrogen-bond donors (Lipinski definition) is 1. The van der Waals surface area contributed by atoms with Gasteiger partial charge in [-0.05, 0) is 37.5 Å². The minimum atomic E-state index is -0.266. The quantitative estimate of drug-likeness (QED) is 0.800. The lowest BCUT2D eigenvalue weighted by atomic mass is 10.1. The van der Waals surface area contributed by atoms with E-state index in [1.165, 1.54) is 0 Å². The largest absolute Gasteiger partial charge is 0.376 e. The Morgan fingerprint density at radius 3 is 2.42 bits per heavy atom. The van der Waals surface area contributed by atoms with Crippen LogP contribution in [0, 0.1) is 0 Å². The molecule has 0 aliphatic carbocycles. The van der Waals surface area contributed by atoms with Gasteiger partial charge in [-0.15, -0.1) is 11.8 Å². The van der Waals surface area contributed by atoms with Crippen molar-refractivity contribution >= 4 is 17.7 Å². The number of carbonyl (C=O) groups is 1. The summed E-state index contributed by atoms with van der Waals surface area (Å²) in [5.74, 6) is 0.0399. The highest BCUT2D eigenvalue weighted by Crippen LogP contribution is 2.35. The lowest BCUT2D eigenvalue weighted by Crippen LogP contribution is -2.42. The van der Waals surface area contributed by atoms with Gasteiger partial charge in [0.2, 0.25) is 5.91 Å². The molecule has 4 heteroatoms. The molecule has 1 heterocycles. The van der Waals surface area contributed by atoms with Crippen molar-refractivity contribution in [2.24, 2.45) is 0 Å². The van der Waals surface area contributed by atoms with E-state index in [1.54, 1.807) is 11.8 Å². The van der Waals surface area contributed by atoms with Crippen molar-refractivity contribution in [3.05, 3.63) is 66.2 Å². The van der Waals surface area contributed by atoms with Gasteiger partial charge in [0, 0.05) is 11.5 Å². The Bertz CT molecular complexity index is 641. The van der Waals surface area contributed by atoms with Crippen LogP contribution in [0.2, 0.25) is 0 Å². The zero-order valence-electron chi connectivity index (χ0n) is 13.9. The number of carbonyl (C=O) groups excluding carboxylic acids is 1. The highest BCUT2D eigenvalue weighted by atomic mass is 32.2. The second-order valence-corrected chi connectivity index (χ2v) is 7.25. The summed E-state index contributed by atoms with van der Waals surface area (Å²) in [4.78, 5) is 14.0. The lowest BCUT2D eigenvalue weighted by molar-refractivity contribution is -0.122. The number of rotatable bonds is 6. The van der Waals surface area contributed by atoms with Gasteiger partial charge in [0.1, 0.15) is 5.25 Å². The fraction of sp³-hybridized carbons (Fsp3) is 0.350. The van der Waals surface area contributed by atoms with Gasteiger partial charge in [0.15, 0.2) is 0 Å². The van der Waals surface area contributed by atoms with Crippen molar-refractivity contribution in [2.75, 3.05) is 6.61 Å². The van der Waals surface area contributed by atoms with E-state index in [0.29, 0.717) is 0 Å². The molecule has 3 nitrogen and oxygen atoms in total. The average Bonchev–Trinajstić information content (AvgIpc) is 3.16. The van der Waals surface area contributed by atoms with Crippen molar-refractivity contribution in [1.82, 2.24) is 5.32 Å². The summed E-state index contributed by atoms with van der Waals surface area (Å²) >= 11 is 1.58. The fourth-order valence-electron chi connectivity index (χ4n) is 2.93. The third kappa shape index (κ3) is 4.40. The van der Waals surface area contributed by atoms with Gasteiger partial charge in [-0.1, -0.05) is 48.5 Å². The van der Waals surface area contributed by atoms with Crippen LogP contribution in [0.4, 0.5) is 0 Å². The molecular formula is C20H23NO2S. The maximum atomic E-state index is 12.9. The van der Waals surface area contributed by atoms with E-state index in [9.17, 15) is 4.79 Å². The molecule has 0 bridgehead atoms.